The number of nitrogens with zero attached hydrogens (tertiary/aromatic N) is 4. The Morgan fingerprint density at radius 2 is 1.36 bits per heavy atom. The van der Waals surface area contributed by atoms with Gasteiger partial charge in [-0.25, -0.2) is 13.8 Å². The molecule has 0 atom stereocenters. The molecule has 0 saturated heterocycles. The first-order valence-corrected chi connectivity index (χ1v) is 9.84. The molecular weight excluding hydrogens is 422 g/mol. The predicted octanol–water partition coefficient (Wildman–Crippen LogP) is 5.96. The average molecular weight is 438 g/mol. The van der Waals surface area contributed by atoms with Crippen LogP contribution in [0, 0.1) is 41.2 Å². The van der Waals surface area contributed by atoms with E-state index in [0.29, 0.717) is 33.5 Å². The van der Waals surface area contributed by atoms with Crippen molar-refractivity contribution in [3.63, 3.8) is 0 Å². The molecule has 4 aromatic rings. The van der Waals surface area contributed by atoms with Crippen molar-refractivity contribution < 1.29 is 8.78 Å². The van der Waals surface area contributed by atoms with E-state index in [4.69, 9.17) is 10.5 Å². The van der Waals surface area contributed by atoms with Crippen LogP contribution in [0.3, 0.4) is 0 Å². The van der Waals surface area contributed by atoms with Crippen molar-refractivity contribution in [2.75, 3.05) is 10.6 Å². The first-order chi connectivity index (χ1) is 16.0. The van der Waals surface area contributed by atoms with Crippen LogP contribution in [0.25, 0.3) is 11.1 Å². The number of halogens is 2. The molecule has 1 aromatic heterocycles. The standard InChI is InChI=1S/C25H16F2N6/c1-15-14-30-25(31-20-8-4-17(13-29)5-9-20)33-24(15)32-23-21(26)10-19(11-22(23)27)18-6-2-16(12-28)3-7-18/h2-11,14H,1H3,(H2,30,31,32,33). The molecule has 6 nitrogen and oxygen atoms in total. The predicted molar refractivity (Wildman–Crippen MR) is 121 cm³/mol. The summed E-state index contributed by atoms with van der Waals surface area (Å²) in [5, 5.41) is 23.5. The maximum Gasteiger partial charge on any atom is 0.229 e. The van der Waals surface area contributed by atoms with Crippen LogP contribution in [0.4, 0.5) is 31.9 Å². The minimum absolute atomic E-state index is 0.225. The SMILES string of the molecule is Cc1cnc(Nc2ccc(C#N)cc2)nc1Nc1c(F)cc(-c2ccc(C#N)cc2)cc1F. The van der Waals surface area contributed by atoms with E-state index in [2.05, 4.69) is 20.6 Å². The Hall–Kier alpha value is -4.82. The Bertz CT molecular complexity index is 1380. The summed E-state index contributed by atoms with van der Waals surface area (Å²) >= 11 is 0. The van der Waals surface area contributed by atoms with Crippen molar-refractivity contribution in [2.24, 2.45) is 0 Å². The van der Waals surface area contributed by atoms with Crippen molar-refractivity contribution in [1.82, 2.24) is 9.97 Å². The van der Waals surface area contributed by atoms with Crippen molar-refractivity contribution in [1.29, 1.82) is 10.5 Å². The molecule has 0 amide bonds. The minimum Gasteiger partial charge on any atom is -0.335 e. The van der Waals surface area contributed by atoms with Crippen LogP contribution < -0.4 is 10.6 Å². The van der Waals surface area contributed by atoms with Crippen LogP contribution in [0.2, 0.25) is 0 Å². The zero-order valence-electron chi connectivity index (χ0n) is 17.4. The van der Waals surface area contributed by atoms with Crippen molar-refractivity contribution in [3.8, 4) is 23.3 Å². The Kier molecular flexibility index (Phi) is 5.92. The highest BCUT2D eigenvalue weighted by molar-refractivity contribution is 5.70. The van der Waals surface area contributed by atoms with E-state index < -0.39 is 11.6 Å². The van der Waals surface area contributed by atoms with Crippen molar-refractivity contribution in [3.05, 3.63) is 95.2 Å². The van der Waals surface area contributed by atoms with Gasteiger partial charge in [0, 0.05) is 17.4 Å². The maximum absolute atomic E-state index is 14.8. The molecule has 0 fully saturated rings. The summed E-state index contributed by atoms with van der Waals surface area (Å²) in [6, 6.07) is 19.6. The number of aryl methyl sites for hydroxylation is 1. The molecule has 0 saturated carbocycles. The molecule has 160 valence electrons. The largest absolute Gasteiger partial charge is 0.335 e. The number of aromatic nitrogens is 2. The second kappa shape index (κ2) is 9.13. The van der Waals surface area contributed by atoms with Gasteiger partial charge in [-0.15, -0.1) is 0 Å². The van der Waals surface area contributed by atoms with E-state index in [-0.39, 0.29) is 17.5 Å². The average Bonchev–Trinajstić information content (AvgIpc) is 2.83. The van der Waals surface area contributed by atoms with E-state index in [0.717, 1.165) is 0 Å². The van der Waals surface area contributed by atoms with Gasteiger partial charge in [0.25, 0.3) is 0 Å². The molecule has 0 spiro atoms. The molecule has 0 aliphatic heterocycles. The number of nitriles is 2. The lowest BCUT2D eigenvalue weighted by atomic mass is 10.0. The van der Waals surface area contributed by atoms with Gasteiger partial charge < -0.3 is 10.6 Å². The first-order valence-electron chi connectivity index (χ1n) is 9.84. The Morgan fingerprint density at radius 1 is 0.788 bits per heavy atom. The summed E-state index contributed by atoms with van der Waals surface area (Å²) in [5.41, 5.74) is 2.83. The highest BCUT2D eigenvalue weighted by Crippen LogP contribution is 2.30. The normalized spacial score (nSPS) is 10.2. The third-order valence-electron chi connectivity index (χ3n) is 4.87. The molecule has 0 unspecified atom stereocenters. The van der Waals surface area contributed by atoms with Crippen LogP contribution in [0.1, 0.15) is 16.7 Å². The molecule has 3 aromatic carbocycles. The number of benzene rings is 3. The second-order valence-corrected chi connectivity index (χ2v) is 7.17. The fraction of sp³-hybridized carbons (Fsp3) is 0.0400. The van der Waals surface area contributed by atoms with Crippen molar-refractivity contribution in [2.45, 2.75) is 6.92 Å². The smallest absolute Gasteiger partial charge is 0.229 e. The van der Waals surface area contributed by atoms with Crippen LogP contribution in [-0.4, -0.2) is 9.97 Å². The molecule has 0 aliphatic carbocycles. The number of hydrogen-bond acceptors (Lipinski definition) is 6. The fourth-order valence-corrected chi connectivity index (χ4v) is 3.10. The minimum atomic E-state index is -0.783. The summed E-state index contributed by atoms with van der Waals surface area (Å²) in [4.78, 5) is 8.52. The monoisotopic (exact) mass is 438 g/mol. The number of hydrogen-bond donors (Lipinski definition) is 2. The number of nitrogens with one attached hydrogen (secondary N) is 2. The molecule has 8 heteroatoms. The van der Waals surface area contributed by atoms with E-state index in [1.165, 1.54) is 18.3 Å². The third-order valence-corrected chi connectivity index (χ3v) is 4.87. The van der Waals surface area contributed by atoms with Gasteiger partial charge in [0.1, 0.15) is 23.1 Å². The molecular formula is C25H16F2N6. The van der Waals surface area contributed by atoms with Gasteiger partial charge in [-0.05, 0) is 66.6 Å². The topological polar surface area (TPSA) is 97.4 Å². The molecule has 33 heavy (non-hydrogen) atoms. The van der Waals surface area contributed by atoms with Crippen LogP contribution in [0.5, 0.6) is 0 Å². The highest BCUT2D eigenvalue weighted by atomic mass is 19.1. The lowest BCUT2D eigenvalue weighted by molar-refractivity contribution is 0.591. The summed E-state index contributed by atoms with van der Waals surface area (Å²) in [6.07, 6.45) is 1.53. The Labute approximate surface area is 188 Å². The summed E-state index contributed by atoms with van der Waals surface area (Å²) < 4.78 is 29.7. The van der Waals surface area contributed by atoms with Gasteiger partial charge in [-0.3, -0.25) is 0 Å². The van der Waals surface area contributed by atoms with Crippen LogP contribution >= 0.6 is 0 Å². The van der Waals surface area contributed by atoms with Gasteiger partial charge >= 0.3 is 0 Å². The first kappa shape index (κ1) is 21.4. The summed E-state index contributed by atoms with van der Waals surface area (Å²) in [7, 11) is 0. The number of anilines is 4. The molecule has 0 aliphatic rings. The second-order valence-electron chi connectivity index (χ2n) is 7.17. The van der Waals surface area contributed by atoms with Crippen LogP contribution in [-0.2, 0) is 0 Å². The molecule has 2 N–H and O–H groups in total. The lowest BCUT2D eigenvalue weighted by Gasteiger charge is -2.13. The summed E-state index contributed by atoms with van der Waals surface area (Å²) in [5.74, 6) is -1.10. The van der Waals surface area contributed by atoms with Gasteiger partial charge in [0.2, 0.25) is 5.95 Å². The molecule has 0 radical (unpaired) electrons. The molecule has 1 heterocycles. The van der Waals surface area contributed by atoms with Gasteiger partial charge in [-0.2, -0.15) is 15.5 Å². The van der Waals surface area contributed by atoms with E-state index in [1.54, 1.807) is 55.5 Å². The van der Waals surface area contributed by atoms with Gasteiger partial charge in [-0.1, -0.05) is 12.1 Å². The lowest BCUT2D eigenvalue weighted by Crippen LogP contribution is -2.05. The van der Waals surface area contributed by atoms with Crippen LogP contribution in [0.15, 0.2) is 66.9 Å². The van der Waals surface area contributed by atoms with E-state index in [1.807, 2.05) is 12.1 Å². The summed E-state index contributed by atoms with van der Waals surface area (Å²) in [6.45, 7) is 1.72. The fourth-order valence-electron chi connectivity index (χ4n) is 3.10. The third kappa shape index (κ3) is 4.76. The Balaban J connectivity index is 1.59. The zero-order chi connectivity index (χ0) is 23.4. The van der Waals surface area contributed by atoms with Crippen molar-refractivity contribution >= 4 is 23.1 Å². The quantitative estimate of drug-likeness (QED) is 0.399. The van der Waals surface area contributed by atoms with E-state index >= 15 is 0 Å². The Morgan fingerprint density at radius 3 is 1.94 bits per heavy atom. The highest BCUT2D eigenvalue weighted by Gasteiger charge is 2.15. The van der Waals surface area contributed by atoms with Gasteiger partial charge in [0.05, 0.1) is 23.3 Å². The van der Waals surface area contributed by atoms with Gasteiger partial charge in [0.15, 0.2) is 0 Å². The maximum atomic E-state index is 14.8. The number of rotatable bonds is 5. The molecule has 4 rings (SSSR count). The zero-order valence-corrected chi connectivity index (χ0v) is 17.4. The molecule has 0 bridgehead atoms. The van der Waals surface area contributed by atoms with E-state index in [9.17, 15) is 8.78 Å².